The number of rotatable bonds is 7. The fourth-order valence-corrected chi connectivity index (χ4v) is 0.951. The molecule has 0 heterocycles. The predicted molar refractivity (Wildman–Crippen MR) is 66.5 cm³/mol. The van der Waals surface area contributed by atoms with Gasteiger partial charge in [-0.15, -0.1) is 0 Å². The quantitative estimate of drug-likeness (QED) is 0.451. The van der Waals surface area contributed by atoms with E-state index in [1.807, 2.05) is 0 Å². The SMILES string of the molecule is CC(N)=O.CCCCCCNC(=O)NCC=O. The van der Waals surface area contributed by atoms with Gasteiger partial charge in [-0.1, -0.05) is 26.2 Å². The van der Waals surface area contributed by atoms with Crippen LogP contribution in [0.2, 0.25) is 0 Å². The van der Waals surface area contributed by atoms with E-state index in [1.54, 1.807) is 0 Å². The van der Waals surface area contributed by atoms with Gasteiger partial charge in [0.05, 0.1) is 6.54 Å². The highest BCUT2D eigenvalue weighted by molar-refractivity contribution is 5.76. The molecule has 0 aromatic heterocycles. The average Bonchev–Trinajstić information content (AvgIpc) is 2.25. The third-order valence-electron chi connectivity index (χ3n) is 1.66. The summed E-state index contributed by atoms with van der Waals surface area (Å²) in [6.07, 6.45) is 5.21. The third-order valence-corrected chi connectivity index (χ3v) is 1.66. The van der Waals surface area contributed by atoms with Crippen molar-refractivity contribution in [3.05, 3.63) is 0 Å². The summed E-state index contributed by atoms with van der Waals surface area (Å²) in [5, 5.41) is 5.07. The van der Waals surface area contributed by atoms with Crippen molar-refractivity contribution in [1.29, 1.82) is 0 Å². The van der Waals surface area contributed by atoms with Crippen LogP contribution in [0.1, 0.15) is 39.5 Å². The molecule has 0 aliphatic heterocycles. The fraction of sp³-hybridized carbons (Fsp3) is 0.727. The first-order chi connectivity index (χ1) is 8.04. The second-order valence-corrected chi connectivity index (χ2v) is 3.47. The number of carbonyl (C=O) groups is 3. The number of nitrogens with two attached hydrogens (primary N) is 1. The number of amides is 3. The molecule has 6 heteroatoms. The normalized spacial score (nSPS) is 8.59. The molecule has 4 N–H and O–H groups in total. The molecule has 0 radical (unpaired) electrons. The van der Waals surface area contributed by atoms with Crippen molar-refractivity contribution in [2.45, 2.75) is 39.5 Å². The molecule has 0 aromatic carbocycles. The van der Waals surface area contributed by atoms with Crippen molar-refractivity contribution >= 4 is 18.2 Å². The first-order valence-corrected chi connectivity index (χ1v) is 5.76. The Labute approximate surface area is 102 Å². The smallest absolute Gasteiger partial charge is 0.315 e. The second-order valence-electron chi connectivity index (χ2n) is 3.47. The summed E-state index contributed by atoms with van der Waals surface area (Å²) in [5.41, 5.74) is 4.47. The molecule has 0 rings (SSSR count). The molecule has 0 bridgehead atoms. The maximum atomic E-state index is 10.9. The molecule has 0 fully saturated rings. The summed E-state index contributed by atoms with van der Waals surface area (Å²) in [4.78, 5) is 30.0. The third kappa shape index (κ3) is 25.1. The van der Waals surface area contributed by atoms with Crippen molar-refractivity contribution in [2.75, 3.05) is 13.1 Å². The van der Waals surface area contributed by atoms with E-state index in [2.05, 4.69) is 23.3 Å². The van der Waals surface area contributed by atoms with Gasteiger partial charge in [-0.05, 0) is 6.42 Å². The van der Waals surface area contributed by atoms with Crippen LogP contribution in [0, 0.1) is 0 Å². The lowest BCUT2D eigenvalue weighted by atomic mass is 10.2. The lowest BCUT2D eigenvalue weighted by Crippen LogP contribution is -2.36. The lowest BCUT2D eigenvalue weighted by Gasteiger charge is -2.04. The van der Waals surface area contributed by atoms with Gasteiger partial charge < -0.3 is 21.2 Å². The molecule has 0 aliphatic rings. The molecule has 17 heavy (non-hydrogen) atoms. The van der Waals surface area contributed by atoms with Gasteiger partial charge in [0.1, 0.15) is 6.29 Å². The second kappa shape index (κ2) is 14.4. The molecular weight excluding hydrogens is 222 g/mol. The highest BCUT2D eigenvalue weighted by atomic mass is 16.2. The summed E-state index contributed by atoms with van der Waals surface area (Å²) in [7, 11) is 0. The molecule has 0 spiro atoms. The van der Waals surface area contributed by atoms with Crippen molar-refractivity contribution in [3.63, 3.8) is 0 Å². The molecule has 0 aromatic rings. The Hall–Kier alpha value is -1.59. The minimum atomic E-state index is -0.333. The van der Waals surface area contributed by atoms with Crippen LogP contribution in [0.5, 0.6) is 0 Å². The summed E-state index contributed by atoms with van der Waals surface area (Å²) in [6.45, 7) is 4.22. The summed E-state index contributed by atoms with van der Waals surface area (Å²) >= 11 is 0. The number of aldehydes is 1. The highest BCUT2D eigenvalue weighted by Crippen LogP contribution is 1.96. The van der Waals surface area contributed by atoms with Gasteiger partial charge in [-0.25, -0.2) is 4.79 Å². The maximum absolute atomic E-state index is 10.9. The van der Waals surface area contributed by atoms with Crippen LogP contribution < -0.4 is 16.4 Å². The molecule has 3 amide bonds. The zero-order valence-corrected chi connectivity index (χ0v) is 10.6. The highest BCUT2D eigenvalue weighted by Gasteiger charge is 1.96. The molecule has 6 nitrogen and oxygen atoms in total. The summed E-state index contributed by atoms with van der Waals surface area (Å²) in [5.74, 6) is -0.333. The largest absolute Gasteiger partial charge is 0.370 e. The number of unbranched alkanes of at least 4 members (excludes halogenated alkanes) is 3. The van der Waals surface area contributed by atoms with E-state index in [0.29, 0.717) is 12.8 Å². The Morgan fingerprint density at radius 1 is 1.18 bits per heavy atom. The van der Waals surface area contributed by atoms with E-state index in [0.717, 1.165) is 12.8 Å². The van der Waals surface area contributed by atoms with Crippen LogP contribution in [0.25, 0.3) is 0 Å². The van der Waals surface area contributed by atoms with Gasteiger partial charge in [-0.2, -0.15) is 0 Å². The van der Waals surface area contributed by atoms with Crippen LogP contribution in [0.4, 0.5) is 4.79 Å². The zero-order valence-electron chi connectivity index (χ0n) is 10.6. The molecular formula is C11H23N3O3. The van der Waals surface area contributed by atoms with Crippen LogP contribution in [0.3, 0.4) is 0 Å². The fourth-order valence-electron chi connectivity index (χ4n) is 0.951. The Morgan fingerprint density at radius 3 is 2.24 bits per heavy atom. The van der Waals surface area contributed by atoms with Crippen molar-refractivity contribution in [1.82, 2.24) is 10.6 Å². The van der Waals surface area contributed by atoms with E-state index in [1.165, 1.54) is 19.8 Å². The topological polar surface area (TPSA) is 101 Å². The number of nitrogens with one attached hydrogen (secondary N) is 2. The predicted octanol–water partition coefficient (Wildman–Crippen LogP) is 0.556. The van der Waals surface area contributed by atoms with Gasteiger partial charge in [0.25, 0.3) is 0 Å². The van der Waals surface area contributed by atoms with E-state index < -0.39 is 0 Å². The van der Waals surface area contributed by atoms with E-state index in [9.17, 15) is 14.4 Å². The van der Waals surface area contributed by atoms with Crippen LogP contribution in [-0.4, -0.2) is 31.3 Å². The van der Waals surface area contributed by atoms with E-state index in [4.69, 9.17) is 0 Å². The molecule has 0 aliphatic carbocycles. The monoisotopic (exact) mass is 245 g/mol. The Balaban J connectivity index is 0. The molecule has 0 unspecified atom stereocenters. The van der Waals surface area contributed by atoms with Crippen LogP contribution in [-0.2, 0) is 9.59 Å². The number of carbonyl (C=O) groups excluding carboxylic acids is 3. The van der Waals surface area contributed by atoms with E-state index in [-0.39, 0.29) is 18.5 Å². The Morgan fingerprint density at radius 2 is 1.76 bits per heavy atom. The first kappa shape index (κ1) is 17.8. The van der Waals surface area contributed by atoms with Gasteiger partial charge in [0, 0.05) is 13.5 Å². The Bertz CT molecular complexity index is 216. The van der Waals surface area contributed by atoms with Crippen molar-refractivity contribution in [3.8, 4) is 0 Å². The van der Waals surface area contributed by atoms with E-state index >= 15 is 0 Å². The van der Waals surface area contributed by atoms with Gasteiger partial charge in [0.2, 0.25) is 5.91 Å². The minimum Gasteiger partial charge on any atom is -0.370 e. The van der Waals surface area contributed by atoms with Crippen molar-refractivity contribution in [2.24, 2.45) is 5.73 Å². The number of primary amides is 1. The van der Waals surface area contributed by atoms with Gasteiger partial charge in [0.15, 0.2) is 0 Å². The van der Waals surface area contributed by atoms with Crippen LogP contribution >= 0.6 is 0 Å². The average molecular weight is 245 g/mol. The molecule has 100 valence electrons. The maximum Gasteiger partial charge on any atom is 0.315 e. The van der Waals surface area contributed by atoms with Gasteiger partial charge >= 0.3 is 6.03 Å². The Kier molecular flexibility index (Phi) is 15.1. The number of hydrogen-bond acceptors (Lipinski definition) is 3. The first-order valence-electron chi connectivity index (χ1n) is 5.76. The molecule has 0 saturated carbocycles. The zero-order chi connectivity index (χ0) is 13.5. The summed E-state index contributed by atoms with van der Waals surface area (Å²) in [6, 6.07) is -0.261. The molecule has 0 atom stereocenters. The van der Waals surface area contributed by atoms with Crippen LogP contribution in [0.15, 0.2) is 0 Å². The summed E-state index contributed by atoms with van der Waals surface area (Å²) < 4.78 is 0. The molecule has 0 saturated heterocycles. The standard InChI is InChI=1S/C9H18N2O2.C2H5NO/c1-2-3-4-5-6-10-9(13)11-7-8-12;1-2(3)4/h8H,2-7H2,1H3,(H2,10,11,13);1H3,(H2,3,4). The minimum absolute atomic E-state index is 0.0841. The number of urea groups is 1. The lowest BCUT2D eigenvalue weighted by molar-refractivity contribution is -0.116. The van der Waals surface area contributed by atoms with Gasteiger partial charge in [-0.3, -0.25) is 4.79 Å². The van der Waals surface area contributed by atoms with Crippen molar-refractivity contribution < 1.29 is 14.4 Å². The number of hydrogen-bond donors (Lipinski definition) is 3.